The Kier molecular flexibility index (Phi) is 9.75. The van der Waals surface area contributed by atoms with Gasteiger partial charge in [0.15, 0.2) is 0 Å². The predicted molar refractivity (Wildman–Crippen MR) is 126 cm³/mol. The van der Waals surface area contributed by atoms with E-state index in [0.29, 0.717) is 5.56 Å². The van der Waals surface area contributed by atoms with E-state index in [4.69, 9.17) is 4.74 Å². The molecule has 0 heterocycles. The zero-order valence-electron chi connectivity index (χ0n) is 19.5. The summed E-state index contributed by atoms with van der Waals surface area (Å²) in [4.78, 5) is 22.5. The van der Waals surface area contributed by atoms with Crippen LogP contribution in [0, 0.1) is 26.6 Å². The van der Waals surface area contributed by atoms with E-state index in [1.165, 1.54) is 13.0 Å². The predicted octanol–water partition coefficient (Wildman–Crippen LogP) is 3.61. The van der Waals surface area contributed by atoms with E-state index in [0.717, 1.165) is 27.8 Å². The number of carbonyl (C=O) groups is 2. The number of ether oxygens (including phenoxy) is 1. The first-order chi connectivity index (χ1) is 15.6. The van der Waals surface area contributed by atoms with Gasteiger partial charge in [-0.3, -0.25) is 9.59 Å². The SMILES string of the molecule is CC(=O)NCCOC(=O)C[C@H](O)C[C@H](O)/C=C/c1c(C)cc(C)cc1-c1ccc(F)c(C)c1. The quantitative estimate of drug-likeness (QED) is 0.374. The van der Waals surface area contributed by atoms with Crippen LogP contribution >= 0.6 is 0 Å². The minimum Gasteiger partial charge on any atom is -0.464 e. The Balaban J connectivity index is 2.04. The summed E-state index contributed by atoms with van der Waals surface area (Å²) >= 11 is 0. The topological polar surface area (TPSA) is 95.9 Å². The smallest absolute Gasteiger partial charge is 0.308 e. The van der Waals surface area contributed by atoms with Crippen molar-refractivity contribution in [1.29, 1.82) is 0 Å². The maximum Gasteiger partial charge on any atom is 0.308 e. The largest absolute Gasteiger partial charge is 0.464 e. The molecule has 0 aliphatic heterocycles. The normalized spacial score (nSPS) is 13.1. The van der Waals surface area contributed by atoms with Crippen molar-refractivity contribution in [2.24, 2.45) is 0 Å². The van der Waals surface area contributed by atoms with E-state index in [1.54, 1.807) is 31.2 Å². The number of aliphatic hydroxyl groups is 2. The van der Waals surface area contributed by atoms with Crippen molar-refractivity contribution in [2.75, 3.05) is 13.2 Å². The van der Waals surface area contributed by atoms with E-state index in [-0.39, 0.29) is 37.7 Å². The fourth-order valence-corrected chi connectivity index (χ4v) is 3.54. The van der Waals surface area contributed by atoms with E-state index in [9.17, 15) is 24.2 Å². The molecule has 33 heavy (non-hydrogen) atoms. The molecule has 2 aromatic rings. The molecule has 0 aliphatic carbocycles. The van der Waals surface area contributed by atoms with Crippen molar-refractivity contribution in [3.05, 3.63) is 64.5 Å². The highest BCUT2D eigenvalue weighted by molar-refractivity contribution is 5.78. The van der Waals surface area contributed by atoms with E-state index >= 15 is 0 Å². The molecule has 0 aromatic heterocycles. The van der Waals surface area contributed by atoms with Crippen molar-refractivity contribution in [1.82, 2.24) is 5.32 Å². The van der Waals surface area contributed by atoms with Gasteiger partial charge in [0.2, 0.25) is 5.91 Å². The molecule has 2 atom stereocenters. The van der Waals surface area contributed by atoms with Gasteiger partial charge in [-0.2, -0.15) is 0 Å². The molecule has 0 fully saturated rings. The molecule has 0 unspecified atom stereocenters. The summed E-state index contributed by atoms with van der Waals surface area (Å²) in [5.41, 5.74) is 5.29. The van der Waals surface area contributed by atoms with Crippen LogP contribution < -0.4 is 5.32 Å². The second kappa shape index (κ2) is 12.3. The maximum absolute atomic E-state index is 13.7. The molecule has 178 valence electrons. The fourth-order valence-electron chi connectivity index (χ4n) is 3.54. The van der Waals surface area contributed by atoms with Gasteiger partial charge in [-0.1, -0.05) is 35.9 Å². The third-order valence-electron chi connectivity index (χ3n) is 5.14. The summed E-state index contributed by atoms with van der Waals surface area (Å²) in [5.74, 6) is -1.09. The molecule has 0 bridgehead atoms. The first-order valence-electron chi connectivity index (χ1n) is 10.9. The molecule has 2 aromatic carbocycles. The van der Waals surface area contributed by atoms with Crippen molar-refractivity contribution >= 4 is 18.0 Å². The number of esters is 1. The molecular weight excluding hydrogens is 425 g/mol. The zero-order chi connectivity index (χ0) is 24.5. The Hall–Kier alpha value is -3.03. The van der Waals surface area contributed by atoms with Gasteiger partial charge in [-0.15, -0.1) is 0 Å². The molecule has 0 saturated carbocycles. The molecule has 0 aliphatic rings. The Bertz CT molecular complexity index is 1020. The number of halogens is 1. The first kappa shape index (κ1) is 26.2. The van der Waals surface area contributed by atoms with Crippen LogP contribution in [0.2, 0.25) is 0 Å². The lowest BCUT2D eigenvalue weighted by atomic mass is 9.92. The molecule has 6 nitrogen and oxygen atoms in total. The Morgan fingerprint density at radius 1 is 1.12 bits per heavy atom. The summed E-state index contributed by atoms with van der Waals surface area (Å²) < 4.78 is 18.7. The van der Waals surface area contributed by atoms with E-state index in [1.807, 2.05) is 26.0 Å². The molecule has 0 radical (unpaired) electrons. The average Bonchev–Trinajstić information content (AvgIpc) is 2.71. The lowest BCUT2D eigenvalue weighted by Gasteiger charge is -2.15. The number of nitrogens with one attached hydrogen (secondary N) is 1. The van der Waals surface area contributed by atoms with E-state index < -0.39 is 18.2 Å². The van der Waals surface area contributed by atoms with Crippen LogP contribution in [0.3, 0.4) is 0 Å². The van der Waals surface area contributed by atoms with Gasteiger partial charge in [0.1, 0.15) is 12.4 Å². The van der Waals surface area contributed by atoms with Crippen LogP contribution in [0.25, 0.3) is 17.2 Å². The van der Waals surface area contributed by atoms with Crippen molar-refractivity contribution in [3.63, 3.8) is 0 Å². The number of hydrogen-bond acceptors (Lipinski definition) is 5. The summed E-state index contributed by atoms with van der Waals surface area (Å²) in [6, 6.07) is 9.00. The highest BCUT2D eigenvalue weighted by Crippen LogP contribution is 2.30. The van der Waals surface area contributed by atoms with Gasteiger partial charge in [0.25, 0.3) is 0 Å². The monoisotopic (exact) mass is 457 g/mol. The molecule has 1 amide bonds. The Labute approximate surface area is 194 Å². The number of carbonyl (C=O) groups excluding carboxylic acids is 2. The highest BCUT2D eigenvalue weighted by Gasteiger charge is 2.16. The number of rotatable bonds is 10. The number of amides is 1. The average molecular weight is 458 g/mol. The molecule has 7 heteroatoms. The van der Waals surface area contributed by atoms with Crippen LogP contribution in [-0.2, 0) is 14.3 Å². The molecule has 3 N–H and O–H groups in total. The summed E-state index contributed by atoms with van der Waals surface area (Å²) in [6.45, 7) is 7.25. The van der Waals surface area contributed by atoms with Gasteiger partial charge in [-0.05, 0) is 60.7 Å². The van der Waals surface area contributed by atoms with Crippen molar-refractivity contribution in [3.8, 4) is 11.1 Å². The van der Waals surface area contributed by atoms with Gasteiger partial charge in [-0.25, -0.2) is 4.39 Å². The highest BCUT2D eigenvalue weighted by atomic mass is 19.1. The third-order valence-corrected chi connectivity index (χ3v) is 5.14. The fraction of sp³-hybridized carbons (Fsp3) is 0.385. The lowest BCUT2D eigenvalue weighted by Crippen LogP contribution is -2.27. The van der Waals surface area contributed by atoms with Gasteiger partial charge in [0, 0.05) is 13.3 Å². The summed E-state index contributed by atoms with van der Waals surface area (Å²) in [6.07, 6.45) is 1.02. The van der Waals surface area contributed by atoms with Gasteiger partial charge in [0.05, 0.1) is 25.2 Å². The second-order valence-electron chi connectivity index (χ2n) is 8.23. The number of hydrogen-bond donors (Lipinski definition) is 3. The lowest BCUT2D eigenvalue weighted by molar-refractivity contribution is -0.146. The maximum atomic E-state index is 13.7. The Morgan fingerprint density at radius 2 is 1.85 bits per heavy atom. The third kappa shape index (κ3) is 8.44. The number of benzene rings is 2. The van der Waals surface area contributed by atoms with Crippen LogP contribution in [0.15, 0.2) is 36.4 Å². The first-order valence-corrected chi connectivity index (χ1v) is 10.9. The van der Waals surface area contributed by atoms with Gasteiger partial charge < -0.3 is 20.3 Å². The molecule has 0 spiro atoms. The number of aryl methyl sites for hydroxylation is 3. The summed E-state index contributed by atoms with van der Waals surface area (Å²) in [5, 5.41) is 23.0. The summed E-state index contributed by atoms with van der Waals surface area (Å²) in [7, 11) is 0. The van der Waals surface area contributed by atoms with Crippen molar-refractivity contribution in [2.45, 2.75) is 52.7 Å². The van der Waals surface area contributed by atoms with E-state index in [2.05, 4.69) is 5.32 Å². The van der Waals surface area contributed by atoms with Crippen LogP contribution in [0.4, 0.5) is 4.39 Å². The molecule has 2 rings (SSSR count). The standard InChI is InChI=1S/C26H32FNO5/c1-16-11-17(2)23(24(12-16)20-5-8-25(27)18(3)13-20)7-6-21(30)14-22(31)15-26(32)33-10-9-28-19(4)29/h5-8,11-13,21-22,30-31H,9-10,14-15H2,1-4H3,(H,28,29)/b7-6+/t21-,22-/m1/s1. The zero-order valence-corrected chi connectivity index (χ0v) is 19.5. The molecule has 0 saturated heterocycles. The van der Waals surface area contributed by atoms with Gasteiger partial charge >= 0.3 is 5.97 Å². The molecular formula is C26H32FNO5. The minimum atomic E-state index is -1.07. The number of aliphatic hydroxyl groups excluding tert-OH is 2. The minimum absolute atomic E-state index is 0.0198. The van der Waals surface area contributed by atoms with Crippen LogP contribution in [0.1, 0.15) is 42.0 Å². The van der Waals surface area contributed by atoms with Crippen molar-refractivity contribution < 1.29 is 28.9 Å². The van der Waals surface area contributed by atoms with Crippen LogP contribution in [-0.4, -0.2) is 47.4 Å². The Morgan fingerprint density at radius 3 is 2.52 bits per heavy atom. The second-order valence-corrected chi connectivity index (χ2v) is 8.23. The van der Waals surface area contributed by atoms with Crippen LogP contribution in [0.5, 0.6) is 0 Å².